The SMILES string of the molecule is CCN(Cc1cncs1)C(=O)COc1ccc(C)cc1. The zero-order chi connectivity index (χ0) is 14.4. The third-order valence-corrected chi connectivity index (χ3v) is 3.71. The molecule has 1 aromatic carbocycles. The van der Waals surface area contributed by atoms with E-state index >= 15 is 0 Å². The molecule has 0 spiro atoms. The van der Waals surface area contributed by atoms with E-state index in [1.165, 1.54) is 5.56 Å². The highest BCUT2D eigenvalue weighted by Crippen LogP contribution is 2.13. The summed E-state index contributed by atoms with van der Waals surface area (Å²) in [4.78, 5) is 19.0. The third-order valence-electron chi connectivity index (χ3n) is 2.95. The lowest BCUT2D eigenvalue weighted by Gasteiger charge is -2.20. The molecule has 106 valence electrons. The number of aromatic nitrogens is 1. The normalized spacial score (nSPS) is 10.3. The van der Waals surface area contributed by atoms with Crippen molar-refractivity contribution in [3.05, 3.63) is 46.4 Å². The fourth-order valence-corrected chi connectivity index (χ4v) is 2.36. The highest BCUT2D eigenvalue weighted by Gasteiger charge is 2.13. The highest BCUT2D eigenvalue weighted by atomic mass is 32.1. The number of aryl methyl sites for hydroxylation is 1. The van der Waals surface area contributed by atoms with E-state index in [1.54, 1.807) is 27.9 Å². The number of ether oxygens (including phenoxy) is 1. The minimum atomic E-state index is -0.0125. The lowest BCUT2D eigenvalue weighted by atomic mass is 10.2. The maximum absolute atomic E-state index is 12.1. The van der Waals surface area contributed by atoms with Gasteiger partial charge in [-0.2, -0.15) is 0 Å². The van der Waals surface area contributed by atoms with Crippen molar-refractivity contribution in [2.75, 3.05) is 13.2 Å². The van der Waals surface area contributed by atoms with Crippen LogP contribution in [0.3, 0.4) is 0 Å². The van der Waals surface area contributed by atoms with Crippen LogP contribution in [0.1, 0.15) is 17.4 Å². The molecule has 4 nitrogen and oxygen atoms in total. The summed E-state index contributed by atoms with van der Waals surface area (Å²) in [6.07, 6.45) is 1.79. The lowest BCUT2D eigenvalue weighted by Crippen LogP contribution is -2.34. The average Bonchev–Trinajstić information content (AvgIpc) is 2.97. The van der Waals surface area contributed by atoms with Gasteiger partial charge in [0.1, 0.15) is 5.75 Å². The van der Waals surface area contributed by atoms with E-state index in [2.05, 4.69) is 4.98 Å². The smallest absolute Gasteiger partial charge is 0.260 e. The number of hydrogen-bond donors (Lipinski definition) is 0. The number of carbonyl (C=O) groups excluding carboxylic acids is 1. The van der Waals surface area contributed by atoms with E-state index < -0.39 is 0 Å². The predicted octanol–water partition coefficient (Wildman–Crippen LogP) is 2.88. The van der Waals surface area contributed by atoms with Gasteiger partial charge in [0.2, 0.25) is 0 Å². The van der Waals surface area contributed by atoms with Crippen LogP contribution in [0.15, 0.2) is 36.0 Å². The van der Waals surface area contributed by atoms with Crippen molar-refractivity contribution in [1.82, 2.24) is 9.88 Å². The first-order valence-electron chi connectivity index (χ1n) is 6.53. The molecule has 0 aliphatic rings. The van der Waals surface area contributed by atoms with Gasteiger partial charge < -0.3 is 9.64 Å². The Morgan fingerprint density at radius 3 is 2.70 bits per heavy atom. The first-order chi connectivity index (χ1) is 9.69. The summed E-state index contributed by atoms with van der Waals surface area (Å²) in [6.45, 7) is 5.30. The maximum Gasteiger partial charge on any atom is 0.260 e. The monoisotopic (exact) mass is 290 g/mol. The van der Waals surface area contributed by atoms with Gasteiger partial charge in [-0.25, -0.2) is 0 Å². The average molecular weight is 290 g/mol. The molecule has 0 saturated heterocycles. The van der Waals surface area contributed by atoms with E-state index in [0.717, 1.165) is 10.6 Å². The zero-order valence-corrected chi connectivity index (χ0v) is 12.5. The van der Waals surface area contributed by atoms with Crippen LogP contribution in [0.2, 0.25) is 0 Å². The summed E-state index contributed by atoms with van der Waals surface area (Å²) in [5.41, 5.74) is 2.94. The van der Waals surface area contributed by atoms with Crippen molar-refractivity contribution in [3.63, 3.8) is 0 Å². The van der Waals surface area contributed by atoms with Crippen molar-refractivity contribution >= 4 is 17.2 Å². The summed E-state index contributed by atoms with van der Waals surface area (Å²) < 4.78 is 5.52. The topological polar surface area (TPSA) is 42.4 Å². The summed E-state index contributed by atoms with van der Waals surface area (Å²) in [7, 11) is 0. The second kappa shape index (κ2) is 7.05. The largest absolute Gasteiger partial charge is 0.484 e. The first-order valence-corrected chi connectivity index (χ1v) is 7.41. The van der Waals surface area contributed by atoms with E-state index in [1.807, 2.05) is 38.1 Å². The molecule has 2 aromatic rings. The molecule has 0 atom stereocenters. The predicted molar refractivity (Wildman–Crippen MR) is 79.9 cm³/mol. The van der Waals surface area contributed by atoms with Crippen LogP contribution in [0, 0.1) is 6.92 Å². The van der Waals surface area contributed by atoms with Gasteiger partial charge in [-0.1, -0.05) is 17.7 Å². The molecule has 0 radical (unpaired) electrons. The van der Waals surface area contributed by atoms with Crippen molar-refractivity contribution in [1.29, 1.82) is 0 Å². The van der Waals surface area contributed by atoms with Crippen molar-refractivity contribution < 1.29 is 9.53 Å². The molecule has 20 heavy (non-hydrogen) atoms. The van der Waals surface area contributed by atoms with Gasteiger partial charge in [-0.05, 0) is 26.0 Å². The number of hydrogen-bond acceptors (Lipinski definition) is 4. The summed E-state index contributed by atoms with van der Waals surface area (Å²) in [5.74, 6) is 0.708. The van der Waals surface area contributed by atoms with E-state index in [-0.39, 0.29) is 12.5 Å². The Hall–Kier alpha value is -1.88. The molecular weight excluding hydrogens is 272 g/mol. The molecular formula is C15H18N2O2S. The van der Waals surface area contributed by atoms with Crippen molar-refractivity contribution in [2.45, 2.75) is 20.4 Å². The van der Waals surface area contributed by atoms with Crippen LogP contribution in [0.25, 0.3) is 0 Å². The van der Waals surface area contributed by atoms with Crippen LogP contribution in [-0.2, 0) is 11.3 Å². The number of likely N-dealkylation sites (N-methyl/N-ethyl adjacent to an activating group) is 1. The number of nitrogens with zero attached hydrogens (tertiary/aromatic N) is 2. The van der Waals surface area contributed by atoms with Crippen LogP contribution < -0.4 is 4.74 Å². The maximum atomic E-state index is 12.1. The molecule has 2 rings (SSSR count). The summed E-state index contributed by atoms with van der Waals surface area (Å²) >= 11 is 1.55. The minimum absolute atomic E-state index is 0.0125. The molecule has 1 amide bonds. The number of benzene rings is 1. The zero-order valence-electron chi connectivity index (χ0n) is 11.7. The molecule has 0 fully saturated rings. The molecule has 0 saturated carbocycles. The number of rotatable bonds is 6. The van der Waals surface area contributed by atoms with Gasteiger partial charge in [-0.3, -0.25) is 9.78 Å². The van der Waals surface area contributed by atoms with Gasteiger partial charge in [-0.15, -0.1) is 11.3 Å². The fourth-order valence-electron chi connectivity index (χ4n) is 1.76. The third kappa shape index (κ3) is 4.06. The van der Waals surface area contributed by atoms with Crippen LogP contribution in [0.4, 0.5) is 0 Å². The first kappa shape index (κ1) is 14.5. The quantitative estimate of drug-likeness (QED) is 0.821. The Kier molecular flexibility index (Phi) is 5.12. The Morgan fingerprint density at radius 2 is 2.10 bits per heavy atom. The molecule has 1 aromatic heterocycles. The standard InChI is InChI=1S/C15H18N2O2S/c1-3-17(9-14-8-16-11-20-14)15(18)10-19-13-6-4-12(2)5-7-13/h4-8,11H,3,9-10H2,1-2H3. The Bertz CT molecular complexity index is 538. The second-order valence-electron chi connectivity index (χ2n) is 4.48. The van der Waals surface area contributed by atoms with Gasteiger partial charge in [0.15, 0.2) is 6.61 Å². The highest BCUT2D eigenvalue weighted by molar-refractivity contribution is 7.09. The van der Waals surface area contributed by atoms with E-state index in [4.69, 9.17) is 4.74 Å². The van der Waals surface area contributed by atoms with Crippen LogP contribution in [0.5, 0.6) is 5.75 Å². The molecule has 0 aliphatic carbocycles. The van der Waals surface area contributed by atoms with Crippen LogP contribution >= 0.6 is 11.3 Å². The Balaban J connectivity index is 1.87. The van der Waals surface area contributed by atoms with E-state index in [0.29, 0.717) is 13.1 Å². The van der Waals surface area contributed by atoms with E-state index in [9.17, 15) is 4.79 Å². The molecule has 0 unspecified atom stereocenters. The van der Waals surface area contributed by atoms with Gasteiger partial charge in [0.05, 0.1) is 12.1 Å². The summed E-state index contributed by atoms with van der Waals surface area (Å²) in [5, 5.41) is 0. The molecule has 0 N–H and O–H groups in total. The second-order valence-corrected chi connectivity index (χ2v) is 5.45. The Morgan fingerprint density at radius 1 is 1.35 bits per heavy atom. The lowest BCUT2D eigenvalue weighted by molar-refractivity contribution is -0.133. The molecule has 0 bridgehead atoms. The molecule has 1 heterocycles. The van der Waals surface area contributed by atoms with Gasteiger partial charge >= 0.3 is 0 Å². The number of amides is 1. The molecule has 0 aliphatic heterocycles. The van der Waals surface area contributed by atoms with Gasteiger partial charge in [0.25, 0.3) is 5.91 Å². The fraction of sp³-hybridized carbons (Fsp3) is 0.333. The minimum Gasteiger partial charge on any atom is -0.484 e. The Labute approximate surface area is 123 Å². The van der Waals surface area contributed by atoms with Crippen molar-refractivity contribution in [2.24, 2.45) is 0 Å². The molecule has 5 heteroatoms. The van der Waals surface area contributed by atoms with Crippen LogP contribution in [-0.4, -0.2) is 28.9 Å². The summed E-state index contributed by atoms with van der Waals surface area (Å²) in [6, 6.07) is 7.69. The van der Waals surface area contributed by atoms with Gasteiger partial charge in [0, 0.05) is 17.6 Å². The van der Waals surface area contributed by atoms with Crippen molar-refractivity contribution in [3.8, 4) is 5.75 Å². The number of thiazole rings is 1. The number of carbonyl (C=O) groups is 1.